The molecule has 0 bridgehead atoms. The quantitative estimate of drug-likeness (QED) is 0.155. The molecule has 12 rings (SSSR count). The van der Waals surface area contributed by atoms with Gasteiger partial charge >= 0.3 is 0 Å². The third-order valence-electron chi connectivity index (χ3n) is 17.7. The number of fused-ring (bicyclic) bond motifs is 7. The normalized spacial score (nSPS) is 13.8. The monoisotopic (exact) mass is 1090 g/mol. The number of hydrogen-bond acceptors (Lipinski definition) is 4. The van der Waals surface area contributed by atoms with E-state index in [4.69, 9.17) is 4.42 Å². The summed E-state index contributed by atoms with van der Waals surface area (Å²) in [6.07, 6.45) is 0. The number of hydrogen-bond donors (Lipinski definition) is 0. The van der Waals surface area contributed by atoms with Gasteiger partial charge in [0.1, 0.15) is 11.2 Å². The first-order valence-electron chi connectivity index (χ1n) is 30.2. The highest BCUT2D eigenvalue weighted by atomic mass is 16.3. The number of nitrogens with zero attached hydrogens (tertiary/aromatic N) is 3. The molecule has 1 aromatic heterocycles. The van der Waals surface area contributed by atoms with Crippen molar-refractivity contribution in [2.75, 3.05) is 14.7 Å². The first-order valence-corrected chi connectivity index (χ1v) is 30.2. The third-order valence-corrected chi connectivity index (χ3v) is 17.7. The van der Waals surface area contributed by atoms with Crippen LogP contribution >= 0.6 is 0 Å². The van der Waals surface area contributed by atoms with E-state index < -0.39 is 0 Å². The minimum absolute atomic E-state index is 0.0161. The number of rotatable bonds is 6. The average molecular weight is 1090 g/mol. The third kappa shape index (κ3) is 9.76. The molecule has 420 valence electrons. The van der Waals surface area contributed by atoms with E-state index in [2.05, 4.69) is 321 Å². The van der Waals surface area contributed by atoms with E-state index in [9.17, 15) is 0 Å². The molecule has 0 unspecified atom stereocenters. The maximum absolute atomic E-state index is 7.25. The molecule has 4 nitrogen and oxygen atoms in total. The standard InChI is InChI=1S/C78H84BN3O/c1-73(2,3)49-35-39-54(40-36-49)81-66-41-37-52(76(10,11)12)45-63(66)79-64-46-53(77(13,14)15)38-42-67(64)82(65-34-20-19-29-58(65)59-30-23-31-60-61-32-24-33-62(78(16,17)18)72(61)83-71(59)60)69-48-57(47-68(81)70(69)79)80(55-27-21-25-50(43-55)74(4,5)6)56-28-22-26-51(44-56)75(7,8)9/h19-48H,1-18H3. The van der Waals surface area contributed by atoms with Gasteiger partial charge in [-0.05, 0) is 143 Å². The summed E-state index contributed by atoms with van der Waals surface area (Å²) < 4.78 is 7.25. The van der Waals surface area contributed by atoms with Crippen molar-refractivity contribution in [3.8, 4) is 11.1 Å². The highest BCUT2D eigenvalue weighted by Gasteiger charge is 2.45. The summed E-state index contributed by atoms with van der Waals surface area (Å²) in [6, 6.07) is 70.1. The topological polar surface area (TPSA) is 22.9 Å². The van der Waals surface area contributed by atoms with Gasteiger partial charge < -0.3 is 19.1 Å². The molecule has 0 saturated carbocycles. The van der Waals surface area contributed by atoms with Gasteiger partial charge in [0.05, 0.1) is 11.4 Å². The second-order valence-electron chi connectivity index (χ2n) is 30.0. The van der Waals surface area contributed by atoms with E-state index in [1.807, 2.05) is 0 Å². The second-order valence-corrected chi connectivity index (χ2v) is 30.0. The van der Waals surface area contributed by atoms with Crippen LogP contribution in [0, 0.1) is 0 Å². The molecule has 0 fully saturated rings. The molecule has 2 aliphatic heterocycles. The van der Waals surface area contributed by atoms with Crippen LogP contribution in [0.25, 0.3) is 33.1 Å². The lowest BCUT2D eigenvalue weighted by Crippen LogP contribution is -2.61. The van der Waals surface area contributed by atoms with Crippen molar-refractivity contribution < 1.29 is 4.42 Å². The lowest BCUT2D eigenvalue weighted by Gasteiger charge is -2.46. The van der Waals surface area contributed by atoms with Gasteiger partial charge in [-0.25, -0.2) is 0 Å². The van der Waals surface area contributed by atoms with Crippen molar-refractivity contribution in [3.05, 3.63) is 215 Å². The maximum Gasteiger partial charge on any atom is 0.252 e. The van der Waals surface area contributed by atoms with Crippen molar-refractivity contribution in [1.82, 2.24) is 0 Å². The van der Waals surface area contributed by atoms with Crippen molar-refractivity contribution in [2.45, 2.75) is 157 Å². The molecule has 9 aromatic carbocycles. The zero-order valence-electron chi connectivity index (χ0n) is 52.6. The number of furan rings is 1. The molecule has 0 amide bonds. The summed E-state index contributed by atoms with van der Waals surface area (Å²) >= 11 is 0. The Hall–Kier alpha value is -7.76. The minimum Gasteiger partial charge on any atom is -0.455 e. The molecule has 0 radical (unpaired) electrons. The summed E-state index contributed by atoms with van der Waals surface area (Å²) in [5.74, 6) is 0. The van der Waals surface area contributed by atoms with Gasteiger partial charge in [0.25, 0.3) is 6.71 Å². The summed E-state index contributed by atoms with van der Waals surface area (Å²) in [5.41, 5.74) is 25.3. The highest BCUT2D eigenvalue weighted by Crippen LogP contribution is 2.52. The lowest BCUT2D eigenvalue weighted by molar-refractivity contribution is 0.573. The molecule has 0 aliphatic carbocycles. The van der Waals surface area contributed by atoms with Crippen LogP contribution in [0.4, 0.5) is 51.2 Å². The van der Waals surface area contributed by atoms with Gasteiger partial charge in [-0.1, -0.05) is 240 Å². The van der Waals surface area contributed by atoms with E-state index >= 15 is 0 Å². The minimum atomic E-state index is -0.111. The fraction of sp³-hybridized carbons (Fsp3) is 0.308. The van der Waals surface area contributed by atoms with Gasteiger partial charge in [0, 0.05) is 67.3 Å². The van der Waals surface area contributed by atoms with E-state index in [0.717, 1.165) is 72.9 Å². The first kappa shape index (κ1) is 55.8. The number of anilines is 9. The summed E-state index contributed by atoms with van der Waals surface area (Å²) in [5, 5.41) is 2.26. The SMILES string of the molecule is CC(C)(C)c1ccc(N2c3ccc(C(C)(C)C)cc3B3c4cc(C(C)(C)C)ccc4N(c4ccccc4-c4cccc5c4oc4c(C(C)(C)C)cccc45)c4cc(N(c5cccc(C(C)(C)C)c5)c5cccc(C(C)(C)C)c5)cc2c43)cc1. The summed E-state index contributed by atoms with van der Waals surface area (Å²) in [6.45, 7) is 41.7. The van der Waals surface area contributed by atoms with E-state index in [1.165, 1.54) is 61.1 Å². The van der Waals surface area contributed by atoms with Crippen molar-refractivity contribution >= 4 is 96.2 Å². The van der Waals surface area contributed by atoms with Crippen LogP contribution in [-0.2, 0) is 32.5 Å². The Bertz CT molecular complexity index is 4110. The Morgan fingerprint density at radius 3 is 1.30 bits per heavy atom. The first-order chi connectivity index (χ1) is 39.0. The van der Waals surface area contributed by atoms with Crippen LogP contribution in [0.1, 0.15) is 158 Å². The smallest absolute Gasteiger partial charge is 0.252 e. The average Bonchev–Trinajstić information content (AvgIpc) is 1.19. The predicted octanol–water partition coefficient (Wildman–Crippen LogP) is 20.6. The number of para-hydroxylation sites is 3. The summed E-state index contributed by atoms with van der Waals surface area (Å²) in [7, 11) is 0. The van der Waals surface area contributed by atoms with Crippen LogP contribution in [0.15, 0.2) is 186 Å². The van der Waals surface area contributed by atoms with Gasteiger partial charge in [0.15, 0.2) is 0 Å². The van der Waals surface area contributed by atoms with Crippen LogP contribution in [0.2, 0.25) is 0 Å². The molecule has 5 heteroatoms. The Kier molecular flexibility index (Phi) is 13.0. The molecular formula is C78H84BN3O. The molecule has 83 heavy (non-hydrogen) atoms. The summed E-state index contributed by atoms with van der Waals surface area (Å²) in [4.78, 5) is 7.74. The van der Waals surface area contributed by atoms with Gasteiger partial charge in [0.2, 0.25) is 0 Å². The predicted molar refractivity (Wildman–Crippen MR) is 360 cm³/mol. The van der Waals surface area contributed by atoms with Gasteiger partial charge in [-0.3, -0.25) is 0 Å². The van der Waals surface area contributed by atoms with E-state index in [-0.39, 0.29) is 39.2 Å². The van der Waals surface area contributed by atoms with Gasteiger partial charge in [-0.2, -0.15) is 0 Å². The molecule has 10 aromatic rings. The number of benzene rings is 9. The fourth-order valence-electron chi connectivity index (χ4n) is 12.9. The molecule has 2 aliphatic rings. The van der Waals surface area contributed by atoms with E-state index in [0.29, 0.717) is 0 Å². The zero-order chi connectivity index (χ0) is 59.1. The molecule has 0 saturated heterocycles. The van der Waals surface area contributed by atoms with Crippen molar-refractivity contribution in [2.24, 2.45) is 0 Å². The van der Waals surface area contributed by atoms with Crippen LogP contribution in [0.5, 0.6) is 0 Å². The highest BCUT2D eigenvalue weighted by molar-refractivity contribution is 7.00. The lowest BCUT2D eigenvalue weighted by atomic mass is 9.33. The molecule has 0 atom stereocenters. The molecular weight excluding hydrogens is 1010 g/mol. The maximum atomic E-state index is 7.25. The Morgan fingerprint density at radius 1 is 0.325 bits per heavy atom. The van der Waals surface area contributed by atoms with E-state index in [1.54, 1.807) is 0 Å². The zero-order valence-corrected chi connectivity index (χ0v) is 52.6. The van der Waals surface area contributed by atoms with Crippen LogP contribution in [-0.4, -0.2) is 6.71 Å². The molecule has 0 N–H and O–H groups in total. The van der Waals surface area contributed by atoms with Gasteiger partial charge in [-0.15, -0.1) is 0 Å². The Morgan fingerprint density at radius 2 is 0.771 bits per heavy atom. The molecule has 0 spiro atoms. The van der Waals surface area contributed by atoms with Crippen LogP contribution in [0.3, 0.4) is 0 Å². The second kappa shape index (κ2) is 19.4. The fourth-order valence-corrected chi connectivity index (χ4v) is 12.9. The largest absolute Gasteiger partial charge is 0.455 e. The van der Waals surface area contributed by atoms with Crippen molar-refractivity contribution in [1.29, 1.82) is 0 Å². The Balaban J connectivity index is 1.24. The van der Waals surface area contributed by atoms with Crippen LogP contribution < -0.4 is 31.1 Å². The molecule has 3 heterocycles. The Labute approximate surface area is 496 Å². The van der Waals surface area contributed by atoms with Crippen molar-refractivity contribution in [3.63, 3.8) is 0 Å².